The van der Waals surface area contributed by atoms with Crippen molar-refractivity contribution in [3.63, 3.8) is 0 Å². The molecule has 7 heteroatoms. The van der Waals surface area contributed by atoms with E-state index >= 15 is 0 Å². The lowest BCUT2D eigenvalue weighted by Gasteiger charge is -2.35. The van der Waals surface area contributed by atoms with Crippen molar-refractivity contribution >= 4 is 11.9 Å². The number of carboxylic acid groups (broad SMARTS) is 1. The van der Waals surface area contributed by atoms with Gasteiger partial charge in [-0.05, 0) is 18.6 Å². The van der Waals surface area contributed by atoms with Gasteiger partial charge in [-0.25, -0.2) is 8.78 Å². The van der Waals surface area contributed by atoms with E-state index in [0.717, 1.165) is 6.07 Å². The molecule has 114 valence electrons. The van der Waals surface area contributed by atoms with Crippen LogP contribution in [0, 0.1) is 18.6 Å². The van der Waals surface area contributed by atoms with Crippen molar-refractivity contribution in [1.82, 2.24) is 4.90 Å². The SMILES string of the molecule is Cc1ccc(F)c(C(=O)N2CCOCC2CC(=O)O)c1F. The molecule has 0 bridgehead atoms. The number of rotatable bonds is 3. The van der Waals surface area contributed by atoms with Crippen LogP contribution >= 0.6 is 0 Å². The maximum absolute atomic E-state index is 14.0. The molecule has 0 aliphatic carbocycles. The zero-order valence-corrected chi connectivity index (χ0v) is 11.4. The summed E-state index contributed by atoms with van der Waals surface area (Å²) < 4.78 is 33.0. The molecule has 1 aliphatic rings. The van der Waals surface area contributed by atoms with E-state index in [4.69, 9.17) is 9.84 Å². The molecule has 1 amide bonds. The van der Waals surface area contributed by atoms with E-state index in [9.17, 15) is 18.4 Å². The standard InChI is InChI=1S/C14H15F2NO4/c1-8-2-3-10(15)12(13(8)16)14(20)17-4-5-21-7-9(17)6-11(18)19/h2-3,9H,4-7H2,1H3,(H,18,19). The van der Waals surface area contributed by atoms with Gasteiger partial charge in [-0.15, -0.1) is 0 Å². The van der Waals surface area contributed by atoms with Gasteiger partial charge in [-0.1, -0.05) is 6.07 Å². The van der Waals surface area contributed by atoms with E-state index in [1.54, 1.807) is 0 Å². The number of ether oxygens (including phenoxy) is 1. The molecule has 2 rings (SSSR count). The maximum Gasteiger partial charge on any atom is 0.305 e. The third-order valence-electron chi connectivity index (χ3n) is 3.40. The molecule has 1 saturated heterocycles. The Bertz CT molecular complexity index is 576. The first-order valence-corrected chi connectivity index (χ1v) is 6.47. The Hall–Kier alpha value is -2.02. The highest BCUT2D eigenvalue weighted by molar-refractivity contribution is 5.95. The molecule has 1 aromatic rings. The molecular weight excluding hydrogens is 284 g/mol. The Morgan fingerprint density at radius 1 is 1.43 bits per heavy atom. The Morgan fingerprint density at radius 3 is 2.81 bits per heavy atom. The number of hydrogen-bond acceptors (Lipinski definition) is 3. The minimum atomic E-state index is -1.10. The lowest BCUT2D eigenvalue weighted by Crippen LogP contribution is -2.50. The summed E-state index contributed by atoms with van der Waals surface area (Å²) in [7, 11) is 0. The first kappa shape index (κ1) is 15.4. The van der Waals surface area contributed by atoms with Crippen LogP contribution in [0.25, 0.3) is 0 Å². The Labute approximate surface area is 120 Å². The van der Waals surface area contributed by atoms with E-state index in [1.165, 1.54) is 17.9 Å². The number of nitrogens with zero attached hydrogens (tertiary/aromatic N) is 1. The van der Waals surface area contributed by atoms with Crippen LogP contribution in [0.3, 0.4) is 0 Å². The number of hydrogen-bond donors (Lipinski definition) is 1. The van der Waals surface area contributed by atoms with E-state index in [-0.39, 0.29) is 31.7 Å². The van der Waals surface area contributed by atoms with Crippen molar-refractivity contribution < 1.29 is 28.2 Å². The predicted molar refractivity (Wildman–Crippen MR) is 69.0 cm³/mol. The number of aryl methyl sites for hydroxylation is 1. The van der Waals surface area contributed by atoms with Crippen LogP contribution in [0.15, 0.2) is 12.1 Å². The summed E-state index contributed by atoms with van der Waals surface area (Å²) in [4.78, 5) is 24.4. The van der Waals surface area contributed by atoms with Gasteiger partial charge in [0.05, 0.1) is 25.7 Å². The van der Waals surface area contributed by atoms with Crippen LogP contribution in [0.4, 0.5) is 8.78 Å². The predicted octanol–water partition coefficient (Wildman–Crippen LogP) is 1.59. The summed E-state index contributed by atoms with van der Waals surface area (Å²) >= 11 is 0. The first-order valence-electron chi connectivity index (χ1n) is 6.47. The fourth-order valence-corrected chi connectivity index (χ4v) is 2.29. The zero-order valence-electron chi connectivity index (χ0n) is 11.4. The summed E-state index contributed by atoms with van der Waals surface area (Å²) in [5.74, 6) is -3.82. The lowest BCUT2D eigenvalue weighted by atomic mass is 10.1. The van der Waals surface area contributed by atoms with Crippen LogP contribution in [-0.2, 0) is 9.53 Å². The summed E-state index contributed by atoms with van der Waals surface area (Å²) in [5.41, 5.74) is -0.491. The number of carbonyl (C=O) groups excluding carboxylic acids is 1. The average molecular weight is 299 g/mol. The Balaban J connectivity index is 2.33. The van der Waals surface area contributed by atoms with Gasteiger partial charge in [0.2, 0.25) is 0 Å². The molecule has 1 aromatic carbocycles. The van der Waals surface area contributed by atoms with Crippen molar-refractivity contribution in [2.24, 2.45) is 0 Å². The highest BCUT2D eigenvalue weighted by Gasteiger charge is 2.32. The van der Waals surface area contributed by atoms with Crippen molar-refractivity contribution in [3.05, 3.63) is 34.9 Å². The van der Waals surface area contributed by atoms with E-state index in [0.29, 0.717) is 0 Å². The minimum absolute atomic E-state index is 0.0348. The summed E-state index contributed by atoms with van der Waals surface area (Å²) in [6.45, 7) is 1.77. The number of carbonyl (C=O) groups is 2. The second-order valence-corrected chi connectivity index (χ2v) is 4.88. The number of halogens is 2. The molecule has 1 unspecified atom stereocenters. The number of amides is 1. The number of benzene rings is 1. The molecule has 1 heterocycles. The molecule has 5 nitrogen and oxygen atoms in total. The number of aliphatic carboxylic acids is 1. The average Bonchev–Trinajstić information content (AvgIpc) is 2.43. The zero-order chi connectivity index (χ0) is 15.6. The van der Waals surface area contributed by atoms with Gasteiger partial charge in [-0.2, -0.15) is 0 Å². The van der Waals surface area contributed by atoms with Crippen LogP contribution in [-0.4, -0.2) is 47.7 Å². The van der Waals surface area contributed by atoms with Crippen molar-refractivity contribution in [2.45, 2.75) is 19.4 Å². The molecule has 1 N–H and O–H groups in total. The van der Waals surface area contributed by atoms with Gasteiger partial charge < -0.3 is 14.7 Å². The second kappa shape index (κ2) is 6.17. The summed E-state index contributed by atoms with van der Waals surface area (Å²) in [6.07, 6.45) is -0.333. The van der Waals surface area contributed by atoms with E-state index < -0.39 is 35.1 Å². The van der Waals surface area contributed by atoms with Crippen molar-refractivity contribution in [2.75, 3.05) is 19.8 Å². The maximum atomic E-state index is 14.0. The van der Waals surface area contributed by atoms with Gasteiger partial charge >= 0.3 is 5.97 Å². The molecule has 0 saturated carbocycles. The third-order valence-corrected chi connectivity index (χ3v) is 3.40. The first-order chi connectivity index (χ1) is 9.91. The molecule has 1 aliphatic heterocycles. The molecule has 1 fully saturated rings. The normalized spacial score (nSPS) is 18.6. The van der Waals surface area contributed by atoms with Crippen molar-refractivity contribution in [3.8, 4) is 0 Å². The highest BCUT2D eigenvalue weighted by Crippen LogP contribution is 2.21. The molecule has 1 atom stereocenters. The van der Waals surface area contributed by atoms with Crippen LogP contribution in [0.1, 0.15) is 22.3 Å². The van der Waals surface area contributed by atoms with Crippen LogP contribution < -0.4 is 0 Å². The van der Waals surface area contributed by atoms with Crippen LogP contribution in [0.2, 0.25) is 0 Å². The van der Waals surface area contributed by atoms with Gasteiger partial charge in [-0.3, -0.25) is 9.59 Å². The Morgan fingerprint density at radius 2 is 2.14 bits per heavy atom. The fourth-order valence-electron chi connectivity index (χ4n) is 2.29. The van der Waals surface area contributed by atoms with Gasteiger partial charge in [0.25, 0.3) is 5.91 Å². The molecule has 21 heavy (non-hydrogen) atoms. The van der Waals surface area contributed by atoms with Crippen LogP contribution in [0.5, 0.6) is 0 Å². The molecule has 0 radical (unpaired) electrons. The van der Waals surface area contributed by atoms with Gasteiger partial charge in [0.1, 0.15) is 17.2 Å². The molecule has 0 spiro atoms. The molecule has 0 aromatic heterocycles. The van der Waals surface area contributed by atoms with Gasteiger partial charge in [0, 0.05) is 6.54 Å². The Kier molecular flexibility index (Phi) is 4.52. The topological polar surface area (TPSA) is 66.8 Å². The van der Waals surface area contributed by atoms with Gasteiger partial charge in [0.15, 0.2) is 0 Å². The lowest BCUT2D eigenvalue weighted by molar-refractivity contribution is -0.139. The minimum Gasteiger partial charge on any atom is -0.481 e. The fraction of sp³-hybridized carbons (Fsp3) is 0.429. The second-order valence-electron chi connectivity index (χ2n) is 4.88. The number of carboxylic acids is 1. The van der Waals surface area contributed by atoms with E-state index in [1.807, 2.05) is 0 Å². The quantitative estimate of drug-likeness (QED) is 0.920. The molecular formula is C14H15F2NO4. The number of morpholine rings is 1. The van der Waals surface area contributed by atoms with Crippen molar-refractivity contribution in [1.29, 1.82) is 0 Å². The smallest absolute Gasteiger partial charge is 0.305 e. The monoisotopic (exact) mass is 299 g/mol. The summed E-state index contributed by atoms with van der Waals surface area (Å²) in [6, 6.07) is 1.54. The third kappa shape index (κ3) is 3.18. The highest BCUT2D eigenvalue weighted by atomic mass is 19.1. The summed E-state index contributed by atoms with van der Waals surface area (Å²) in [5, 5.41) is 8.85. The largest absolute Gasteiger partial charge is 0.481 e. The van der Waals surface area contributed by atoms with E-state index in [2.05, 4.69) is 0 Å².